The van der Waals surface area contributed by atoms with Gasteiger partial charge >= 0.3 is 0 Å². The van der Waals surface area contributed by atoms with Gasteiger partial charge in [-0.2, -0.15) is 5.26 Å². The number of para-hydroxylation sites is 2. The van der Waals surface area contributed by atoms with E-state index in [9.17, 15) is 0 Å². The molecular formula is C12H11N3O. The van der Waals surface area contributed by atoms with E-state index in [1.165, 1.54) is 0 Å². The van der Waals surface area contributed by atoms with Crippen LogP contribution >= 0.6 is 0 Å². The Kier molecular flexibility index (Phi) is 2.80. The second-order valence-electron chi connectivity index (χ2n) is 3.55. The maximum Gasteiger partial charge on any atom is 0.113 e. The third-order valence-corrected chi connectivity index (χ3v) is 2.45. The van der Waals surface area contributed by atoms with Crippen LogP contribution in [0.1, 0.15) is 17.3 Å². The molecule has 0 fully saturated rings. The number of aliphatic hydroxyl groups excluding tert-OH is 1. The van der Waals surface area contributed by atoms with E-state index in [0.717, 1.165) is 11.0 Å². The molecule has 0 amide bonds. The van der Waals surface area contributed by atoms with Crippen molar-refractivity contribution < 1.29 is 5.11 Å². The predicted molar refractivity (Wildman–Crippen MR) is 59.7 cm³/mol. The molecule has 4 heteroatoms. The molecule has 0 aliphatic heterocycles. The number of rotatable bonds is 2. The maximum absolute atomic E-state index is 9.09. The lowest BCUT2D eigenvalue weighted by molar-refractivity contribution is 0.284. The quantitative estimate of drug-likeness (QED) is 0.821. The Bertz CT molecular complexity index is 560. The second kappa shape index (κ2) is 4.25. The first-order chi connectivity index (χ1) is 7.76. The summed E-state index contributed by atoms with van der Waals surface area (Å²) in [4.78, 5) is 8.74. The summed E-state index contributed by atoms with van der Waals surface area (Å²) < 4.78 is 0. The van der Waals surface area contributed by atoms with Crippen LogP contribution in [0.3, 0.4) is 0 Å². The first-order valence-corrected chi connectivity index (χ1v) is 5.00. The van der Waals surface area contributed by atoms with E-state index in [-0.39, 0.29) is 6.61 Å². The van der Waals surface area contributed by atoms with Gasteiger partial charge in [0, 0.05) is 0 Å². The van der Waals surface area contributed by atoms with Crippen molar-refractivity contribution in [2.75, 3.05) is 6.61 Å². The van der Waals surface area contributed by atoms with Crippen LogP contribution in [0.5, 0.6) is 0 Å². The van der Waals surface area contributed by atoms with E-state index in [1.807, 2.05) is 30.3 Å². The highest BCUT2D eigenvalue weighted by atomic mass is 16.3. The van der Waals surface area contributed by atoms with E-state index in [2.05, 4.69) is 9.97 Å². The Balaban J connectivity index is 2.63. The molecule has 1 aromatic carbocycles. The summed E-state index contributed by atoms with van der Waals surface area (Å²) in [5, 5.41) is 18.0. The lowest BCUT2D eigenvalue weighted by Gasteiger charge is -2.09. The lowest BCUT2D eigenvalue weighted by atomic mass is 10.1. The van der Waals surface area contributed by atoms with Gasteiger partial charge in [0.05, 0.1) is 35.1 Å². The molecule has 2 rings (SSSR count). The summed E-state index contributed by atoms with van der Waals surface area (Å²) in [6, 6.07) is 9.50. The number of nitrogens with zero attached hydrogens (tertiary/aromatic N) is 3. The Labute approximate surface area is 93.2 Å². The summed E-state index contributed by atoms with van der Waals surface area (Å²) in [7, 11) is 0. The summed E-state index contributed by atoms with van der Waals surface area (Å²) in [6.07, 6.45) is 0. The van der Waals surface area contributed by atoms with E-state index in [0.29, 0.717) is 11.4 Å². The zero-order chi connectivity index (χ0) is 11.5. The van der Waals surface area contributed by atoms with Crippen LogP contribution < -0.4 is 0 Å². The molecule has 4 nitrogen and oxygen atoms in total. The number of aliphatic hydroxyl groups is 1. The number of benzene rings is 1. The summed E-state index contributed by atoms with van der Waals surface area (Å²) in [5.74, 6) is -0.600. The van der Waals surface area contributed by atoms with Crippen LogP contribution in [-0.2, 0) is 0 Å². The van der Waals surface area contributed by atoms with Crippen LogP contribution in [0, 0.1) is 18.3 Å². The monoisotopic (exact) mass is 213 g/mol. The van der Waals surface area contributed by atoms with Gasteiger partial charge in [0.1, 0.15) is 5.92 Å². The van der Waals surface area contributed by atoms with Crippen molar-refractivity contribution in [3.63, 3.8) is 0 Å². The van der Waals surface area contributed by atoms with Crippen LogP contribution in [0.25, 0.3) is 11.0 Å². The smallest absolute Gasteiger partial charge is 0.113 e. The Hall–Kier alpha value is -1.99. The molecule has 80 valence electrons. The van der Waals surface area contributed by atoms with Crippen molar-refractivity contribution in [3.8, 4) is 6.07 Å². The van der Waals surface area contributed by atoms with Gasteiger partial charge in [-0.05, 0) is 19.1 Å². The molecular weight excluding hydrogens is 202 g/mol. The van der Waals surface area contributed by atoms with Crippen molar-refractivity contribution in [1.82, 2.24) is 9.97 Å². The van der Waals surface area contributed by atoms with Gasteiger partial charge in [-0.15, -0.1) is 0 Å². The Morgan fingerprint density at radius 2 is 1.94 bits per heavy atom. The first-order valence-electron chi connectivity index (χ1n) is 5.00. The number of hydrogen-bond acceptors (Lipinski definition) is 4. The zero-order valence-corrected chi connectivity index (χ0v) is 8.88. The molecule has 2 aromatic rings. The van der Waals surface area contributed by atoms with Gasteiger partial charge in [-0.3, -0.25) is 0 Å². The molecule has 0 bridgehead atoms. The second-order valence-corrected chi connectivity index (χ2v) is 3.55. The molecule has 1 atom stereocenters. The number of fused-ring (bicyclic) bond motifs is 1. The minimum absolute atomic E-state index is 0.232. The number of aryl methyl sites for hydroxylation is 1. The van der Waals surface area contributed by atoms with Crippen LogP contribution in [0.4, 0.5) is 0 Å². The molecule has 0 saturated carbocycles. The SMILES string of the molecule is Cc1nc2ccccc2nc1C(C#N)CO. The molecule has 1 aromatic heterocycles. The normalized spacial score (nSPS) is 12.3. The molecule has 0 spiro atoms. The molecule has 0 aliphatic rings. The van der Waals surface area contributed by atoms with Crippen molar-refractivity contribution in [1.29, 1.82) is 5.26 Å². The average Bonchev–Trinajstić information content (AvgIpc) is 2.31. The molecule has 0 saturated heterocycles. The van der Waals surface area contributed by atoms with Crippen molar-refractivity contribution in [2.45, 2.75) is 12.8 Å². The van der Waals surface area contributed by atoms with Gasteiger partial charge in [0.25, 0.3) is 0 Å². The lowest BCUT2D eigenvalue weighted by Crippen LogP contribution is -2.08. The van der Waals surface area contributed by atoms with E-state index in [4.69, 9.17) is 10.4 Å². The van der Waals surface area contributed by atoms with Gasteiger partial charge in [0.2, 0.25) is 0 Å². The van der Waals surface area contributed by atoms with Gasteiger partial charge in [-0.1, -0.05) is 12.1 Å². The van der Waals surface area contributed by atoms with E-state index >= 15 is 0 Å². The van der Waals surface area contributed by atoms with Crippen LogP contribution in [-0.4, -0.2) is 21.7 Å². The van der Waals surface area contributed by atoms with Crippen LogP contribution in [0.15, 0.2) is 24.3 Å². The average molecular weight is 213 g/mol. The van der Waals surface area contributed by atoms with Gasteiger partial charge in [0.15, 0.2) is 0 Å². The topological polar surface area (TPSA) is 69.8 Å². The number of nitriles is 1. The maximum atomic E-state index is 9.09. The third-order valence-electron chi connectivity index (χ3n) is 2.45. The molecule has 0 aliphatic carbocycles. The standard InChI is InChI=1S/C12H11N3O/c1-8-12(9(6-13)7-16)15-11-5-3-2-4-10(11)14-8/h2-5,9,16H,7H2,1H3. The van der Waals surface area contributed by atoms with E-state index in [1.54, 1.807) is 6.92 Å². The van der Waals surface area contributed by atoms with Crippen LogP contribution in [0.2, 0.25) is 0 Å². The fraction of sp³-hybridized carbons (Fsp3) is 0.250. The summed E-state index contributed by atoms with van der Waals surface area (Å²) in [6.45, 7) is 1.57. The summed E-state index contributed by atoms with van der Waals surface area (Å²) >= 11 is 0. The minimum Gasteiger partial charge on any atom is -0.395 e. The molecule has 1 heterocycles. The third kappa shape index (κ3) is 1.73. The fourth-order valence-electron chi connectivity index (χ4n) is 1.62. The molecule has 16 heavy (non-hydrogen) atoms. The van der Waals surface area contributed by atoms with Gasteiger partial charge in [-0.25, -0.2) is 9.97 Å². The first kappa shape index (κ1) is 10.5. The number of aromatic nitrogens is 2. The minimum atomic E-state index is -0.600. The zero-order valence-electron chi connectivity index (χ0n) is 8.88. The van der Waals surface area contributed by atoms with Gasteiger partial charge < -0.3 is 5.11 Å². The fourth-order valence-corrected chi connectivity index (χ4v) is 1.62. The van der Waals surface area contributed by atoms with Crippen molar-refractivity contribution in [3.05, 3.63) is 35.7 Å². The van der Waals surface area contributed by atoms with Crippen molar-refractivity contribution in [2.24, 2.45) is 0 Å². The molecule has 0 radical (unpaired) electrons. The van der Waals surface area contributed by atoms with Crippen molar-refractivity contribution >= 4 is 11.0 Å². The highest BCUT2D eigenvalue weighted by Crippen LogP contribution is 2.18. The predicted octanol–water partition coefficient (Wildman–Crippen LogP) is 1.54. The molecule has 1 N–H and O–H groups in total. The highest BCUT2D eigenvalue weighted by molar-refractivity contribution is 5.74. The Morgan fingerprint density at radius 3 is 2.50 bits per heavy atom. The summed E-state index contributed by atoms with van der Waals surface area (Å²) in [5.41, 5.74) is 2.80. The largest absolute Gasteiger partial charge is 0.395 e. The molecule has 1 unspecified atom stereocenters. The highest BCUT2D eigenvalue weighted by Gasteiger charge is 2.15. The number of hydrogen-bond donors (Lipinski definition) is 1. The Morgan fingerprint density at radius 1 is 1.31 bits per heavy atom. The van der Waals surface area contributed by atoms with E-state index < -0.39 is 5.92 Å².